The first-order valence-corrected chi connectivity index (χ1v) is 12.5. The number of ketones is 2. The molecule has 1 amide bonds. The second-order valence-electron chi connectivity index (χ2n) is 8.55. The van der Waals surface area contributed by atoms with Crippen LogP contribution in [0.4, 0.5) is 23.1 Å². The fourth-order valence-corrected chi connectivity index (χ4v) is 3.73. The van der Waals surface area contributed by atoms with Crippen LogP contribution in [0.2, 0.25) is 5.02 Å². The smallest absolute Gasteiger partial charge is 0.252 e. The van der Waals surface area contributed by atoms with Crippen molar-refractivity contribution in [3.63, 3.8) is 0 Å². The Hall–Kier alpha value is -4.68. The van der Waals surface area contributed by atoms with Crippen LogP contribution in [0.25, 0.3) is 0 Å². The first-order valence-electron chi connectivity index (χ1n) is 12.1. The molecule has 1 heterocycles. The van der Waals surface area contributed by atoms with Crippen LogP contribution in [0, 0.1) is 19.3 Å². The van der Waals surface area contributed by atoms with Crippen LogP contribution in [-0.2, 0) is 16.0 Å². The number of aromatic nitrogens is 2. The number of nitrogens with zero attached hydrogens (tertiary/aromatic N) is 2. The summed E-state index contributed by atoms with van der Waals surface area (Å²) in [7, 11) is 0. The predicted octanol–water partition coefficient (Wildman–Crippen LogP) is 5.07. The van der Waals surface area contributed by atoms with Crippen molar-refractivity contribution in [2.75, 3.05) is 17.2 Å². The predicted molar refractivity (Wildman–Crippen MR) is 152 cm³/mol. The molecule has 0 fully saturated rings. The highest BCUT2D eigenvalue weighted by Crippen LogP contribution is 2.31. The van der Waals surface area contributed by atoms with Crippen LogP contribution < -0.4 is 21.1 Å². The van der Waals surface area contributed by atoms with E-state index in [9.17, 15) is 14.4 Å². The molecule has 39 heavy (non-hydrogen) atoms. The van der Waals surface area contributed by atoms with Gasteiger partial charge < -0.3 is 21.1 Å². The minimum Gasteiger partial charge on any atom is -0.493 e. The summed E-state index contributed by atoms with van der Waals surface area (Å²) in [5, 5.41) is 6.52. The summed E-state index contributed by atoms with van der Waals surface area (Å²) in [5.74, 6) is 1.91. The second kappa shape index (κ2) is 13.7. The molecule has 1 aromatic heterocycles. The third-order valence-electron chi connectivity index (χ3n) is 5.66. The van der Waals surface area contributed by atoms with Crippen molar-refractivity contribution >= 4 is 52.2 Å². The van der Waals surface area contributed by atoms with E-state index < -0.39 is 5.91 Å². The Kier molecular flexibility index (Phi) is 10.2. The number of terminal acetylenes is 1. The van der Waals surface area contributed by atoms with Crippen LogP contribution in [0.3, 0.4) is 0 Å². The van der Waals surface area contributed by atoms with Crippen molar-refractivity contribution in [1.29, 1.82) is 0 Å². The van der Waals surface area contributed by atoms with E-state index in [0.29, 0.717) is 42.4 Å². The van der Waals surface area contributed by atoms with Crippen molar-refractivity contribution in [2.24, 2.45) is 5.73 Å². The molecular weight excluding hydrogens is 518 g/mol. The van der Waals surface area contributed by atoms with Gasteiger partial charge in [-0.25, -0.2) is 4.98 Å². The quantitative estimate of drug-likeness (QED) is 0.110. The molecule has 0 aliphatic carbocycles. The van der Waals surface area contributed by atoms with Crippen molar-refractivity contribution in [3.05, 3.63) is 77.0 Å². The van der Waals surface area contributed by atoms with Crippen LogP contribution >= 0.6 is 11.6 Å². The number of carbonyl (C=O) groups excluding carboxylic acids is 3. The summed E-state index contributed by atoms with van der Waals surface area (Å²) < 4.78 is 5.77. The lowest BCUT2D eigenvalue weighted by Gasteiger charge is -2.16. The van der Waals surface area contributed by atoms with Crippen LogP contribution in [0.5, 0.6) is 5.75 Å². The third kappa shape index (κ3) is 8.15. The van der Waals surface area contributed by atoms with Gasteiger partial charge >= 0.3 is 0 Å². The van der Waals surface area contributed by atoms with E-state index in [-0.39, 0.29) is 40.9 Å². The zero-order valence-electron chi connectivity index (χ0n) is 21.4. The number of aryl methyl sites for hydroxylation is 1. The van der Waals surface area contributed by atoms with E-state index in [1.807, 2.05) is 31.2 Å². The normalized spacial score (nSPS) is 10.3. The standard InChI is InChI=1S/C29H28ClN5O4/c1-4-20(36)11-8-9-13-39-26-14-18(3)25(16-22(26)27(31)38)34-29-32-17-23(30)28(35-29)33-24-12-7-6-10-19(24)15-21(37)5-2/h1,5-7,10,12,14,16-17H,2,8-9,11,13,15H2,3H3,(H2,31,38)(H2,32,33,34,35). The molecule has 0 spiro atoms. The van der Waals surface area contributed by atoms with E-state index >= 15 is 0 Å². The number of para-hydroxylation sites is 1. The largest absolute Gasteiger partial charge is 0.493 e. The molecule has 0 saturated heterocycles. The van der Waals surface area contributed by atoms with Gasteiger partial charge in [-0.1, -0.05) is 36.4 Å². The van der Waals surface area contributed by atoms with E-state index in [2.05, 4.69) is 33.1 Å². The number of primary amides is 1. The van der Waals surface area contributed by atoms with Crippen molar-refractivity contribution in [2.45, 2.75) is 32.6 Å². The Morgan fingerprint density at radius 3 is 2.67 bits per heavy atom. The van der Waals surface area contributed by atoms with Gasteiger partial charge in [0.1, 0.15) is 10.8 Å². The SMILES string of the molecule is C#CC(=O)CCCCOc1cc(C)c(Nc2ncc(Cl)c(Nc3ccccc3CC(=O)C=C)n2)cc1C(N)=O. The van der Waals surface area contributed by atoms with E-state index in [1.165, 1.54) is 12.3 Å². The molecule has 0 unspecified atom stereocenters. The highest BCUT2D eigenvalue weighted by molar-refractivity contribution is 6.33. The summed E-state index contributed by atoms with van der Waals surface area (Å²) in [6, 6.07) is 10.6. The van der Waals surface area contributed by atoms with Gasteiger partial charge in [0, 0.05) is 24.2 Å². The van der Waals surface area contributed by atoms with Gasteiger partial charge in [-0.2, -0.15) is 4.98 Å². The zero-order valence-corrected chi connectivity index (χ0v) is 22.2. The molecule has 0 saturated carbocycles. The van der Waals surface area contributed by atoms with E-state index in [4.69, 9.17) is 28.5 Å². The van der Waals surface area contributed by atoms with Crippen LogP contribution in [0.1, 0.15) is 40.7 Å². The number of nitrogens with two attached hydrogens (primary N) is 1. The van der Waals surface area contributed by atoms with Gasteiger partial charge in [-0.3, -0.25) is 14.4 Å². The summed E-state index contributed by atoms with van der Waals surface area (Å²) in [4.78, 5) is 44.0. The van der Waals surface area contributed by atoms with Gasteiger partial charge in [0.15, 0.2) is 11.6 Å². The Morgan fingerprint density at radius 1 is 1.18 bits per heavy atom. The van der Waals surface area contributed by atoms with Crippen molar-refractivity contribution < 1.29 is 19.1 Å². The fourth-order valence-electron chi connectivity index (χ4n) is 3.59. The molecule has 3 rings (SSSR count). The highest BCUT2D eigenvalue weighted by Gasteiger charge is 2.16. The molecule has 4 N–H and O–H groups in total. The first-order chi connectivity index (χ1) is 18.7. The van der Waals surface area contributed by atoms with E-state index in [0.717, 1.165) is 11.1 Å². The second-order valence-corrected chi connectivity index (χ2v) is 8.95. The summed E-state index contributed by atoms with van der Waals surface area (Å²) in [5.41, 5.74) is 8.49. The van der Waals surface area contributed by atoms with Gasteiger partial charge in [0.25, 0.3) is 5.91 Å². The monoisotopic (exact) mass is 545 g/mol. The molecule has 0 aliphatic rings. The van der Waals surface area contributed by atoms with Gasteiger partial charge in [0.05, 0.1) is 18.4 Å². The Bertz CT molecular complexity index is 1450. The minimum atomic E-state index is -0.666. The average Bonchev–Trinajstić information content (AvgIpc) is 2.92. The summed E-state index contributed by atoms with van der Waals surface area (Å²) >= 11 is 6.35. The first kappa shape index (κ1) is 28.9. The lowest BCUT2D eigenvalue weighted by Crippen LogP contribution is -2.14. The number of anilines is 4. The Labute approximate surface area is 231 Å². The molecular formula is C29H28ClN5O4. The number of allylic oxidation sites excluding steroid dienone is 1. The lowest BCUT2D eigenvalue weighted by atomic mass is 10.1. The number of benzene rings is 2. The Morgan fingerprint density at radius 2 is 1.95 bits per heavy atom. The number of Topliss-reactive ketones (excluding diaryl/α,β-unsaturated/α-hetero) is 1. The number of unbranched alkanes of at least 4 members (excludes halogenated alkanes) is 1. The number of hydrogen-bond donors (Lipinski definition) is 3. The van der Waals surface area contributed by atoms with Gasteiger partial charge in [-0.15, -0.1) is 6.42 Å². The van der Waals surface area contributed by atoms with Crippen LogP contribution in [-0.4, -0.2) is 34.0 Å². The number of carbonyl (C=O) groups is 3. The molecule has 0 bridgehead atoms. The number of halogens is 1. The van der Waals surface area contributed by atoms with E-state index in [1.54, 1.807) is 12.1 Å². The Balaban J connectivity index is 1.78. The molecule has 200 valence electrons. The molecule has 2 aromatic carbocycles. The average molecular weight is 546 g/mol. The molecule has 0 radical (unpaired) electrons. The maximum absolute atomic E-state index is 12.1. The molecule has 3 aromatic rings. The number of rotatable bonds is 14. The topological polar surface area (TPSA) is 136 Å². The highest BCUT2D eigenvalue weighted by atomic mass is 35.5. The number of amides is 1. The molecule has 9 nitrogen and oxygen atoms in total. The molecule has 10 heteroatoms. The maximum Gasteiger partial charge on any atom is 0.252 e. The minimum absolute atomic E-state index is 0.118. The van der Waals surface area contributed by atoms with Crippen molar-refractivity contribution in [3.8, 4) is 18.1 Å². The van der Waals surface area contributed by atoms with Crippen LogP contribution in [0.15, 0.2) is 55.3 Å². The lowest BCUT2D eigenvalue weighted by molar-refractivity contribution is -0.114. The number of nitrogens with one attached hydrogen (secondary N) is 2. The van der Waals surface area contributed by atoms with Gasteiger partial charge in [0.2, 0.25) is 11.7 Å². The fraction of sp³-hybridized carbons (Fsp3) is 0.207. The maximum atomic E-state index is 12.1. The zero-order chi connectivity index (χ0) is 28.4. The molecule has 0 aliphatic heterocycles. The number of ether oxygens (including phenoxy) is 1. The summed E-state index contributed by atoms with van der Waals surface area (Å²) in [6.45, 7) is 5.64. The summed E-state index contributed by atoms with van der Waals surface area (Å²) in [6.07, 6.45) is 9.40. The van der Waals surface area contributed by atoms with Crippen molar-refractivity contribution in [1.82, 2.24) is 9.97 Å². The third-order valence-corrected chi connectivity index (χ3v) is 5.94. The van der Waals surface area contributed by atoms with Gasteiger partial charge in [-0.05, 0) is 61.1 Å². The molecule has 0 atom stereocenters. The number of hydrogen-bond acceptors (Lipinski definition) is 8.